The van der Waals surface area contributed by atoms with Gasteiger partial charge in [-0.1, -0.05) is 0 Å². The van der Waals surface area contributed by atoms with Crippen molar-refractivity contribution in [3.63, 3.8) is 0 Å². The number of hydrogen-bond acceptors (Lipinski definition) is 4. The van der Waals surface area contributed by atoms with E-state index in [1.807, 2.05) is 26.0 Å². The Kier molecular flexibility index (Phi) is 6.91. The van der Waals surface area contributed by atoms with E-state index >= 15 is 0 Å². The predicted molar refractivity (Wildman–Crippen MR) is 93.2 cm³/mol. The fraction of sp³-hybridized carbons (Fsp3) is 0.556. The Hall–Kier alpha value is -2.44. The number of ether oxygens (including phenoxy) is 2. The van der Waals surface area contributed by atoms with Gasteiger partial charge in [0.25, 0.3) is 0 Å². The number of carboxylic acid groups (broad SMARTS) is 1. The van der Waals surface area contributed by atoms with Crippen LogP contribution >= 0.6 is 0 Å². The Balaban J connectivity index is 2.00. The van der Waals surface area contributed by atoms with Crippen molar-refractivity contribution in [3.05, 3.63) is 23.3 Å². The van der Waals surface area contributed by atoms with Crippen LogP contribution in [0.5, 0.6) is 11.5 Å². The van der Waals surface area contributed by atoms with Crippen LogP contribution in [-0.2, 0) is 17.8 Å². The zero-order valence-electron chi connectivity index (χ0n) is 14.8. The number of urea groups is 1. The summed E-state index contributed by atoms with van der Waals surface area (Å²) in [5, 5.41) is 11.4. The van der Waals surface area contributed by atoms with Crippen molar-refractivity contribution < 1.29 is 24.2 Å². The molecule has 2 N–H and O–H groups in total. The normalized spacial score (nSPS) is 13.1. The largest absolute Gasteiger partial charge is 0.490 e. The van der Waals surface area contributed by atoms with E-state index in [0.29, 0.717) is 45.0 Å². The second kappa shape index (κ2) is 9.15. The maximum atomic E-state index is 12.2. The lowest BCUT2D eigenvalue weighted by Crippen LogP contribution is -2.43. The monoisotopic (exact) mass is 350 g/mol. The quantitative estimate of drug-likeness (QED) is 0.703. The van der Waals surface area contributed by atoms with Crippen molar-refractivity contribution in [2.24, 2.45) is 0 Å². The summed E-state index contributed by atoms with van der Waals surface area (Å²) < 4.78 is 11.3. The minimum absolute atomic E-state index is 0.0566. The summed E-state index contributed by atoms with van der Waals surface area (Å²) in [6.07, 6.45) is 1.24. The summed E-state index contributed by atoms with van der Waals surface area (Å²) in [7, 11) is 0. The Morgan fingerprint density at radius 2 is 1.80 bits per heavy atom. The van der Waals surface area contributed by atoms with Crippen LogP contribution < -0.4 is 14.8 Å². The van der Waals surface area contributed by atoms with Crippen LogP contribution in [0.2, 0.25) is 0 Å². The summed E-state index contributed by atoms with van der Waals surface area (Å²) >= 11 is 0. The number of amides is 2. The number of benzene rings is 1. The summed E-state index contributed by atoms with van der Waals surface area (Å²) in [5.41, 5.74) is 2.22. The van der Waals surface area contributed by atoms with Crippen LogP contribution in [0.1, 0.15) is 37.8 Å². The number of nitrogens with zero attached hydrogens (tertiary/aromatic N) is 1. The molecule has 0 saturated heterocycles. The first-order valence-corrected chi connectivity index (χ1v) is 8.71. The number of carbonyl (C=O) groups excluding carboxylic acids is 1. The van der Waals surface area contributed by atoms with Crippen LogP contribution in [0.3, 0.4) is 0 Å². The number of carboxylic acids is 1. The number of aliphatic carboxylic acids is 1. The molecular formula is C18H26N2O5. The van der Waals surface area contributed by atoms with E-state index in [0.717, 1.165) is 17.7 Å². The average molecular weight is 350 g/mol. The Bertz CT molecular complexity index is 618. The smallest absolute Gasteiger partial charge is 0.317 e. The lowest BCUT2D eigenvalue weighted by Gasteiger charge is -2.30. The molecule has 138 valence electrons. The van der Waals surface area contributed by atoms with Crippen LogP contribution in [0.15, 0.2) is 12.1 Å². The van der Waals surface area contributed by atoms with Crippen molar-refractivity contribution >= 4 is 12.0 Å². The molecule has 0 saturated carbocycles. The second-order valence-corrected chi connectivity index (χ2v) is 5.83. The van der Waals surface area contributed by atoms with Gasteiger partial charge in [-0.2, -0.15) is 0 Å². The molecule has 0 bridgehead atoms. The van der Waals surface area contributed by atoms with Gasteiger partial charge in [-0.25, -0.2) is 4.79 Å². The Morgan fingerprint density at radius 3 is 2.40 bits per heavy atom. The highest BCUT2D eigenvalue weighted by molar-refractivity contribution is 5.74. The maximum absolute atomic E-state index is 12.2. The van der Waals surface area contributed by atoms with Crippen LogP contribution in [0.25, 0.3) is 0 Å². The van der Waals surface area contributed by atoms with Crippen molar-refractivity contribution in [1.82, 2.24) is 10.2 Å². The third-order valence-electron chi connectivity index (χ3n) is 4.01. The average Bonchev–Trinajstić information content (AvgIpc) is 2.59. The standard InChI is InChI=1S/C18H26N2O5/c1-3-24-15-10-13-7-9-20(12-14(13)11-16(15)25-4-2)18(23)19-8-5-6-17(21)22/h10-11H,3-9,12H2,1-2H3,(H,19,23)(H,21,22). The van der Waals surface area contributed by atoms with Crippen LogP contribution in [0, 0.1) is 0 Å². The van der Waals surface area contributed by atoms with E-state index in [1.165, 1.54) is 5.56 Å². The van der Waals surface area contributed by atoms with E-state index in [1.54, 1.807) is 4.90 Å². The minimum Gasteiger partial charge on any atom is -0.490 e. The summed E-state index contributed by atoms with van der Waals surface area (Å²) in [4.78, 5) is 24.5. The van der Waals surface area contributed by atoms with Gasteiger partial charge in [-0.15, -0.1) is 0 Å². The van der Waals surface area contributed by atoms with Gasteiger partial charge >= 0.3 is 12.0 Å². The first kappa shape index (κ1) is 18.9. The zero-order chi connectivity index (χ0) is 18.2. The zero-order valence-corrected chi connectivity index (χ0v) is 14.8. The molecule has 0 aromatic heterocycles. The number of nitrogens with one attached hydrogen (secondary N) is 1. The van der Waals surface area contributed by atoms with Crippen molar-refractivity contribution in [1.29, 1.82) is 0 Å². The van der Waals surface area contributed by atoms with Gasteiger partial charge in [0.1, 0.15) is 0 Å². The summed E-state index contributed by atoms with van der Waals surface area (Å²) in [5.74, 6) is 0.594. The van der Waals surface area contributed by atoms with Crippen LogP contribution in [-0.4, -0.2) is 48.3 Å². The van der Waals surface area contributed by atoms with Crippen molar-refractivity contribution in [3.8, 4) is 11.5 Å². The molecule has 0 unspecified atom stereocenters. The first-order chi connectivity index (χ1) is 12.0. The molecule has 1 aromatic rings. The predicted octanol–water partition coefficient (Wildman–Crippen LogP) is 2.42. The van der Waals surface area contributed by atoms with Crippen molar-refractivity contribution in [2.75, 3.05) is 26.3 Å². The number of rotatable bonds is 8. The fourth-order valence-electron chi connectivity index (χ4n) is 2.82. The van der Waals surface area contributed by atoms with Gasteiger partial charge in [0.2, 0.25) is 0 Å². The van der Waals surface area contributed by atoms with Gasteiger partial charge < -0.3 is 24.8 Å². The molecule has 0 atom stereocenters. The van der Waals surface area contributed by atoms with Gasteiger partial charge in [-0.05, 0) is 49.9 Å². The molecule has 1 aliphatic heterocycles. The third kappa shape index (κ3) is 5.27. The van der Waals surface area contributed by atoms with E-state index in [2.05, 4.69) is 5.32 Å². The maximum Gasteiger partial charge on any atom is 0.317 e. The molecule has 2 rings (SSSR count). The molecule has 0 fully saturated rings. The molecule has 1 aliphatic rings. The van der Waals surface area contributed by atoms with E-state index < -0.39 is 5.97 Å². The van der Waals surface area contributed by atoms with Gasteiger partial charge in [0.05, 0.1) is 13.2 Å². The molecule has 7 nitrogen and oxygen atoms in total. The van der Waals surface area contributed by atoms with Crippen LogP contribution in [0.4, 0.5) is 4.79 Å². The number of carbonyl (C=O) groups is 2. The fourth-order valence-corrected chi connectivity index (χ4v) is 2.82. The highest BCUT2D eigenvalue weighted by Gasteiger charge is 2.22. The number of fused-ring (bicyclic) bond motifs is 1. The molecule has 7 heteroatoms. The molecule has 1 heterocycles. The highest BCUT2D eigenvalue weighted by Crippen LogP contribution is 2.33. The highest BCUT2D eigenvalue weighted by atomic mass is 16.5. The molecular weight excluding hydrogens is 324 g/mol. The lowest BCUT2D eigenvalue weighted by atomic mass is 9.99. The van der Waals surface area contributed by atoms with Gasteiger partial charge in [0.15, 0.2) is 11.5 Å². The molecule has 0 radical (unpaired) electrons. The van der Waals surface area contributed by atoms with E-state index in [-0.39, 0.29) is 12.5 Å². The van der Waals surface area contributed by atoms with E-state index in [9.17, 15) is 9.59 Å². The lowest BCUT2D eigenvalue weighted by molar-refractivity contribution is -0.137. The molecule has 0 spiro atoms. The Morgan fingerprint density at radius 1 is 1.16 bits per heavy atom. The second-order valence-electron chi connectivity index (χ2n) is 5.83. The van der Waals surface area contributed by atoms with Gasteiger partial charge in [-0.3, -0.25) is 4.79 Å². The van der Waals surface area contributed by atoms with Crippen molar-refractivity contribution in [2.45, 2.75) is 39.7 Å². The number of hydrogen-bond donors (Lipinski definition) is 2. The third-order valence-corrected chi connectivity index (χ3v) is 4.01. The molecule has 1 aromatic carbocycles. The first-order valence-electron chi connectivity index (χ1n) is 8.71. The Labute approximate surface area is 147 Å². The molecule has 2 amide bonds. The molecule has 0 aliphatic carbocycles. The summed E-state index contributed by atoms with van der Waals surface area (Å²) in [6.45, 7) is 6.47. The topological polar surface area (TPSA) is 88.1 Å². The molecule has 25 heavy (non-hydrogen) atoms. The minimum atomic E-state index is -0.852. The van der Waals surface area contributed by atoms with E-state index in [4.69, 9.17) is 14.6 Å². The van der Waals surface area contributed by atoms with Gasteiger partial charge in [0, 0.05) is 26.1 Å². The SMILES string of the molecule is CCOc1cc2c(cc1OCC)CN(C(=O)NCCCC(=O)O)CC2. The summed E-state index contributed by atoms with van der Waals surface area (Å²) in [6, 6.07) is 3.79.